The number of halogens is 2. The fourth-order valence-corrected chi connectivity index (χ4v) is 1.78. The van der Waals surface area contributed by atoms with E-state index in [9.17, 15) is 14.4 Å². The van der Waals surface area contributed by atoms with E-state index in [2.05, 4.69) is 10.2 Å². The van der Waals surface area contributed by atoms with E-state index >= 15 is 0 Å². The van der Waals surface area contributed by atoms with E-state index in [1.165, 1.54) is 32.2 Å². The second-order valence-electron chi connectivity index (χ2n) is 4.10. The number of rotatable bonds is 5. The Morgan fingerprint density at radius 2 is 1.91 bits per heavy atom. The molecule has 1 N–H and O–H groups in total. The van der Waals surface area contributed by atoms with Crippen LogP contribution >= 0.6 is 23.2 Å². The number of ether oxygens (including phenoxy) is 1. The van der Waals surface area contributed by atoms with E-state index in [4.69, 9.17) is 28.0 Å². The van der Waals surface area contributed by atoms with Crippen LogP contribution in [0.25, 0.3) is 0 Å². The Morgan fingerprint density at radius 3 is 2.45 bits per heavy atom. The Hall–Kier alpha value is -1.99. The van der Waals surface area contributed by atoms with Gasteiger partial charge in [-0.05, 0) is 18.2 Å². The number of amides is 2. The van der Waals surface area contributed by atoms with E-state index in [0.29, 0.717) is 10.2 Å². The molecule has 0 unspecified atom stereocenters. The summed E-state index contributed by atoms with van der Waals surface area (Å²) in [7, 11) is 1.21. The molecule has 0 atom stereocenters. The third-order valence-electron chi connectivity index (χ3n) is 2.34. The molecule has 0 fully saturated rings. The molecule has 9 heteroatoms. The van der Waals surface area contributed by atoms with Gasteiger partial charge in [-0.1, -0.05) is 28.4 Å². The number of hydrogen-bond donors (Lipinski definition) is 1. The van der Waals surface area contributed by atoms with E-state index in [-0.39, 0.29) is 23.6 Å². The molecule has 0 saturated heterocycles. The molecule has 22 heavy (non-hydrogen) atoms. The quantitative estimate of drug-likeness (QED) is 0.650. The fraction of sp³-hybridized carbons (Fsp3) is 0.308. The third kappa shape index (κ3) is 5.79. The molecule has 120 valence electrons. The van der Waals surface area contributed by atoms with Gasteiger partial charge >= 0.3 is 5.97 Å². The van der Waals surface area contributed by atoms with Gasteiger partial charge in [-0.15, -0.1) is 0 Å². The van der Waals surface area contributed by atoms with Gasteiger partial charge in [0.2, 0.25) is 5.91 Å². The molecule has 1 rings (SSSR count). The lowest BCUT2D eigenvalue weighted by molar-refractivity contribution is -0.174. The lowest BCUT2D eigenvalue weighted by Gasteiger charge is -2.22. The molecule has 7 nitrogen and oxygen atoms in total. The highest BCUT2D eigenvalue weighted by Gasteiger charge is 2.20. The smallest absolute Gasteiger partial charge is 0.306 e. The normalized spacial score (nSPS) is 9.82. The van der Waals surface area contributed by atoms with Gasteiger partial charge in [0.05, 0.1) is 18.6 Å². The predicted octanol–water partition coefficient (Wildman–Crippen LogP) is 2.12. The minimum atomic E-state index is -0.647. The highest BCUT2D eigenvalue weighted by Crippen LogP contribution is 2.28. The number of methoxy groups -OCH3 is 1. The van der Waals surface area contributed by atoms with Crippen molar-refractivity contribution in [3.05, 3.63) is 28.2 Å². The molecule has 0 radical (unpaired) electrons. The van der Waals surface area contributed by atoms with Crippen molar-refractivity contribution in [2.45, 2.75) is 19.8 Å². The van der Waals surface area contributed by atoms with E-state index in [0.717, 1.165) is 0 Å². The average molecular weight is 349 g/mol. The van der Waals surface area contributed by atoms with Crippen LogP contribution in [0.15, 0.2) is 18.2 Å². The molecular weight excluding hydrogens is 335 g/mol. The Kier molecular flexibility index (Phi) is 6.94. The van der Waals surface area contributed by atoms with Crippen molar-refractivity contribution in [1.29, 1.82) is 0 Å². The average Bonchev–Trinajstić information content (AvgIpc) is 2.45. The van der Waals surface area contributed by atoms with E-state index < -0.39 is 17.8 Å². The Bertz CT molecular complexity index is 580. The number of hydrazine groups is 1. The van der Waals surface area contributed by atoms with Crippen LogP contribution < -0.4 is 10.3 Å². The van der Waals surface area contributed by atoms with Crippen LogP contribution in [-0.2, 0) is 19.1 Å². The van der Waals surface area contributed by atoms with Crippen molar-refractivity contribution < 1.29 is 24.0 Å². The Balaban J connectivity index is 2.81. The summed E-state index contributed by atoms with van der Waals surface area (Å²) in [5, 5.41) is 1.16. The molecule has 0 saturated carbocycles. The molecule has 0 aliphatic heterocycles. The van der Waals surface area contributed by atoms with Crippen LogP contribution in [0.4, 0.5) is 0 Å². The summed E-state index contributed by atoms with van der Waals surface area (Å²) >= 11 is 11.7. The van der Waals surface area contributed by atoms with Crippen LogP contribution in [-0.4, -0.2) is 30.1 Å². The van der Waals surface area contributed by atoms with Gasteiger partial charge in [0.15, 0.2) is 5.75 Å². The second-order valence-corrected chi connectivity index (χ2v) is 4.94. The molecular formula is C13H14Cl2N2O5. The molecule has 0 heterocycles. The Labute approximate surface area is 137 Å². The largest absolute Gasteiger partial charge is 0.469 e. The molecule has 1 aromatic carbocycles. The van der Waals surface area contributed by atoms with Crippen LogP contribution in [0.3, 0.4) is 0 Å². The SMILES string of the molecule is COC(=O)CCC(=O)N(NC(C)=O)Oc1ccc(Cl)cc1Cl. The van der Waals surface area contributed by atoms with Crippen LogP contribution in [0, 0.1) is 0 Å². The van der Waals surface area contributed by atoms with Gasteiger partial charge in [-0.2, -0.15) is 0 Å². The number of benzene rings is 1. The van der Waals surface area contributed by atoms with Crippen LogP contribution in [0.2, 0.25) is 10.0 Å². The summed E-state index contributed by atoms with van der Waals surface area (Å²) in [4.78, 5) is 39.4. The summed E-state index contributed by atoms with van der Waals surface area (Å²) in [5.41, 5.74) is 2.19. The Morgan fingerprint density at radius 1 is 1.23 bits per heavy atom. The first kappa shape index (κ1) is 18.1. The molecule has 2 amide bonds. The van der Waals surface area contributed by atoms with Gasteiger partial charge in [0.1, 0.15) is 0 Å². The van der Waals surface area contributed by atoms with Gasteiger partial charge in [0.25, 0.3) is 5.91 Å². The van der Waals surface area contributed by atoms with Crippen molar-refractivity contribution in [1.82, 2.24) is 10.6 Å². The van der Waals surface area contributed by atoms with E-state index in [1.54, 1.807) is 0 Å². The number of carbonyl (C=O) groups excluding carboxylic acids is 3. The lowest BCUT2D eigenvalue weighted by atomic mass is 10.3. The van der Waals surface area contributed by atoms with Crippen LogP contribution in [0.5, 0.6) is 5.75 Å². The van der Waals surface area contributed by atoms with Gasteiger partial charge in [-0.3, -0.25) is 14.4 Å². The molecule has 0 aromatic heterocycles. The monoisotopic (exact) mass is 348 g/mol. The standard InChI is InChI=1S/C13H14Cl2N2O5/c1-8(18)16-17(12(19)5-6-13(20)21-2)22-11-4-3-9(14)7-10(11)15/h3-4,7H,5-6H2,1-2H3,(H,16,18). The lowest BCUT2D eigenvalue weighted by Crippen LogP contribution is -2.47. The third-order valence-corrected chi connectivity index (χ3v) is 2.87. The summed E-state index contributed by atoms with van der Waals surface area (Å²) in [6.45, 7) is 1.20. The zero-order chi connectivity index (χ0) is 16.7. The molecule has 0 spiro atoms. The zero-order valence-electron chi connectivity index (χ0n) is 11.9. The number of carbonyl (C=O) groups is 3. The van der Waals surface area contributed by atoms with E-state index in [1.807, 2.05) is 0 Å². The van der Waals surface area contributed by atoms with Gasteiger partial charge < -0.3 is 9.57 Å². The number of esters is 1. The molecule has 1 aromatic rings. The molecule has 0 aliphatic rings. The topological polar surface area (TPSA) is 84.9 Å². The van der Waals surface area contributed by atoms with Crippen molar-refractivity contribution in [2.24, 2.45) is 0 Å². The summed E-state index contributed by atoms with van der Waals surface area (Å²) in [6.07, 6.45) is -0.360. The maximum atomic E-state index is 12.0. The summed E-state index contributed by atoms with van der Waals surface area (Å²) < 4.78 is 4.44. The first-order valence-electron chi connectivity index (χ1n) is 6.13. The molecule has 0 aliphatic carbocycles. The number of hydroxylamine groups is 1. The molecule has 0 bridgehead atoms. The second kappa shape index (κ2) is 8.45. The highest BCUT2D eigenvalue weighted by molar-refractivity contribution is 6.35. The number of nitrogens with zero attached hydrogens (tertiary/aromatic N) is 1. The number of nitrogens with one attached hydrogen (secondary N) is 1. The summed E-state index contributed by atoms with van der Waals surface area (Å²) in [5.74, 6) is -1.62. The zero-order valence-corrected chi connectivity index (χ0v) is 13.4. The minimum Gasteiger partial charge on any atom is -0.469 e. The fourth-order valence-electron chi connectivity index (χ4n) is 1.34. The maximum absolute atomic E-state index is 12.0. The van der Waals surface area contributed by atoms with Crippen molar-refractivity contribution >= 4 is 41.0 Å². The van der Waals surface area contributed by atoms with Crippen molar-refractivity contribution in [3.8, 4) is 5.75 Å². The first-order valence-corrected chi connectivity index (χ1v) is 6.89. The first-order chi connectivity index (χ1) is 10.3. The predicted molar refractivity (Wildman–Crippen MR) is 79.0 cm³/mol. The van der Waals surface area contributed by atoms with Crippen LogP contribution in [0.1, 0.15) is 19.8 Å². The summed E-state index contributed by atoms with van der Waals surface area (Å²) in [6, 6.07) is 4.37. The number of hydrogen-bond acceptors (Lipinski definition) is 5. The van der Waals surface area contributed by atoms with Gasteiger partial charge in [-0.25, -0.2) is 5.43 Å². The highest BCUT2D eigenvalue weighted by atomic mass is 35.5. The minimum absolute atomic E-state index is 0.117. The van der Waals surface area contributed by atoms with Gasteiger partial charge in [0, 0.05) is 18.4 Å². The maximum Gasteiger partial charge on any atom is 0.306 e. The van der Waals surface area contributed by atoms with Crippen molar-refractivity contribution in [2.75, 3.05) is 7.11 Å². The van der Waals surface area contributed by atoms with Crippen molar-refractivity contribution in [3.63, 3.8) is 0 Å².